The van der Waals surface area contributed by atoms with Gasteiger partial charge in [0.2, 0.25) is 0 Å². The third-order valence-electron chi connectivity index (χ3n) is 4.62. The Hall–Kier alpha value is -3.32. The molecule has 0 aliphatic rings. The minimum Gasteiger partial charge on any atom is -0.497 e. The molecular formula is C22H19FN2O3S. The van der Waals surface area contributed by atoms with Crippen molar-refractivity contribution in [2.75, 3.05) is 19.5 Å². The minimum absolute atomic E-state index is 0.245. The molecule has 0 aliphatic heterocycles. The van der Waals surface area contributed by atoms with Crippen LogP contribution in [0.4, 0.5) is 10.1 Å². The quantitative estimate of drug-likeness (QED) is 0.478. The van der Waals surface area contributed by atoms with Crippen LogP contribution in [0.15, 0.2) is 60.0 Å². The largest absolute Gasteiger partial charge is 0.497 e. The van der Waals surface area contributed by atoms with E-state index in [0.717, 1.165) is 15.8 Å². The van der Waals surface area contributed by atoms with Crippen molar-refractivity contribution < 1.29 is 18.7 Å². The average Bonchev–Trinajstić information content (AvgIpc) is 3.32. The number of methoxy groups -OCH3 is 2. The first-order valence-corrected chi connectivity index (χ1v) is 9.81. The van der Waals surface area contributed by atoms with E-state index in [1.165, 1.54) is 12.1 Å². The third-order valence-corrected chi connectivity index (χ3v) is 5.47. The monoisotopic (exact) mass is 410 g/mol. The van der Waals surface area contributed by atoms with Gasteiger partial charge < -0.3 is 19.4 Å². The smallest absolute Gasteiger partial charge is 0.272 e. The molecule has 0 bridgehead atoms. The molecule has 5 nitrogen and oxygen atoms in total. The van der Waals surface area contributed by atoms with Crippen LogP contribution in [0.5, 0.6) is 11.5 Å². The van der Waals surface area contributed by atoms with Gasteiger partial charge in [-0.05, 0) is 35.2 Å². The maximum atomic E-state index is 13.3. The van der Waals surface area contributed by atoms with Crippen LogP contribution in [-0.2, 0) is 6.54 Å². The van der Waals surface area contributed by atoms with Gasteiger partial charge in [-0.15, -0.1) is 11.3 Å². The number of fused-ring (bicyclic) bond motifs is 1. The highest BCUT2D eigenvalue weighted by atomic mass is 32.1. The van der Waals surface area contributed by atoms with Crippen molar-refractivity contribution in [1.82, 2.24) is 4.57 Å². The highest BCUT2D eigenvalue weighted by Gasteiger charge is 2.17. The zero-order valence-electron chi connectivity index (χ0n) is 15.9. The first kappa shape index (κ1) is 19.0. The molecule has 148 valence electrons. The number of aromatic nitrogens is 1. The number of hydrogen-bond donors (Lipinski definition) is 1. The third kappa shape index (κ3) is 3.95. The van der Waals surface area contributed by atoms with Crippen LogP contribution in [0.1, 0.15) is 16.1 Å². The summed E-state index contributed by atoms with van der Waals surface area (Å²) < 4.78 is 26.7. The van der Waals surface area contributed by atoms with Gasteiger partial charge in [0.15, 0.2) is 0 Å². The molecule has 0 aliphatic carbocycles. The molecule has 1 N–H and O–H groups in total. The predicted molar refractivity (Wildman–Crippen MR) is 113 cm³/mol. The van der Waals surface area contributed by atoms with Crippen LogP contribution < -0.4 is 14.8 Å². The summed E-state index contributed by atoms with van der Waals surface area (Å²) in [5, 5.41) is 4.91. The van der Waals surface area contributed by atoms with Gasteiger partial charge in [-0.2, -0.15) is 0 Å². The number of anilines is 1. The molecule has 7 heteroatoms. The number of halogens is 1. The maximum Gasteiger partial charge on any atom is 0.272 e. The van der Waals surface area contributed by atoms with Gasteiger partial charge >= 0.3 is 0 Å². The van der Waals surface area contributed by atoms with Crippen molar-refractivity contribution in [3.05, 3.63) is 77.1 Å². The van der Waals surface area contributed by atoms with Crippen LogP contribution >= 0.6 is 11.3 Å². The minimum atomic E-state index is -0.285. The summed E-state index contributed by atoms with van der Waals surface area (Å²) in [7, 11) is 3.12. The molecule has 0 radical (unpaired) electrons. The highest BCUT2D eigenvalue weighted by molar-refractivity contribution is 7.17. The zero-order chi connectivity index (χ0) is 20.4. The summed E-state index contributed by atoms with van der Waals surface area (Å²) in [5.74, 6) is 0.641. The Morgan fingerprint density at radius 2 is 1.72 bits per heavy atom. The van der Waals surface area contributed by atoms with Crippen molar-refractivity contribution in [3.8, 4) is 11.5 Å². The molecule has 1 amide bonds. The van der Waals surface area contributed by atoms with E-state index < -0.39 is 0 Å². The van der Waals surface area contributed by atoms with Crippen LogP contribution in [0, 0.1) is 5.82 Å². The summed E-state index contributed by atoms with van der Waals surface area (Å²) in [6.07, 6.45) is 0. The van der Waals surface area contributed by atoms with Crippen molar-refractivity contribution >= 4 is 33.1 Å². The maximum absolute atomic E-state index is 13.3. The summed E-state index contributed by atoms with van der Waals surface area (Å²) in [6.45, 7) is 0.463. The molecule has 0 saturated heterocycles. The van der Waals surface area contributed by atoms with Crippen molar-refractivity contribution in [2.24, 2.45) is 0 Å². The molecule has 29 heavy (non-hydrogen) atoms. The number of thiophene rings is 1. The van der Waals surface area contributed by atoms with E-state index in [1.54, 1.807) is 55.9 Å². The van der Waals surface area contributed by atoms with Gasteiger partial charge in [-0.25, -0.2) is 4.39 Å². The number of benzene rings is 2. The van der Waals surface area contributed by atoms with Gasteiger partial charge in [0.05, 0.1) is 24.4 Å². The lowest BCUT2D eigenvalue weighted by Crippen LogP contribution is -2.17. The molecule has 0 unspecified atom stereocenters. The molecule has 0 atom stereocenters. The highest BCUT2D eigenvalue weighted by Crippen LogP contribution is 2.29. The molecule has 0 spiro atoms. The number of nitrogens with one attached hydrogen (secondary N) is 1. The average molecular weight is 410 g/mol. The van der Waals surface area contributed by atoms with Gasteiger partial charge in [0, 0.05) is 30.4 Å². The summed E-state index contributed by atoms with van der Waals surface area (Å²) in [6, 6.07) is 15.3. The van der Waals surface area contributed by atoms with E-state index in [2.05, 4.69) is 5.32 Å². The van der Waals surface area contributed by atoms with Gasteiger partial charge in [-0.1, -0.05) is 12.1 Å². The Kier molecular flexibility index (Phi) is 5.22. The molecule has 2 heterocycles. The lowest BCUT2D eigenvalue weighted by molar-refractivity contribution is 0.101. The Labute approximate surface area is 171 Å². The second kappa shape index (κ2) is 7.97. The lowest BCUT2D eigenvalue weighted by atomic mass is 10.2. The number of carbonyl (C=O) groups excluding carboxylic acids is 1. The Balaban J connectivity index is 1.67. The molecule has 2 aromatic heterocycles. The summed E-state index contributed by atoms with van der Waals surface area (Å²) in [5.41, 5.74) is 2.97. The molecule has 0 fully saturated rings. The molecule has 4 rings (SSSR count). The summed E-state index contributed by atoms with van der Waals surface area (Å²) in [4.78, 5) is 13.1. The molecule has 0 saturated carbocycles. The van der Waals surface area contributed by atoms with E-state index in [0.29, 0.717) is 29.4 Å². The van der Waals surface area contributed by atoms with Crippen molar-refractivity contribution in [2.45, 2.75) is 6.54 Å². The van der Waals surface area contributed by atoms with Crippen LogP contribution in [0.25, 0.3) is 10.2 Å². The lowest BCUT2D eigenvalue weighted by Gasteiger charge is -2.13. The van der Waals surface area contributed by atoms with Gasteiger partial charge in [0.25, 0.3) is 5.91 Å². The van der Waals surface area contributed by atoms with E-state index in [9.17, 15) is 9.18 Å². The molecule has 2 aromatic carbocycles. The summed E-state index contributed by atoms with van der Waals surface area (Å²) >= 11 is 1.57. The fraction of sp³-hybridized carbons (Fsp3) is 0.136. The second-order valence-corrected chi connectivity index (χ2v) is 7.42. The van der Waals surface area contributed by atoms with Crippen LogP contribution in [0.2, 0.25) is 0 Å². The first-order valence-electron chi connectivity index (χ1n) is 8.93. The van der Waals surface area contributed by atoms with Gasteiger partial charge in [0.1, 0.15) is 23.0 Å². The Morgan fingerprint density at radius 3 is 2.38 bits per heavy atom. The number of nitrogens with zero attached hydrogens (tertiary/aromatic N) is 1. The van der Waals surface area contributed by atoms with E-state index in [-0.39, 0.29) is 11.7 Å². The van der Waals surface area contributed by atoms with Crippen LogP contribution in [0.3, 0.4) is 0 Å². The van der Waals surface area contributed by atoms with E-state index in [4.69, 9.17) is 9.47 Å². The number of hydrogen-bond acceptors (Lipinski definition) is 4. The molecule has 4 aromatic rings. The number of ether oxygens (including phenoxy) is 2. The van der Waals surface area contributed by atoms with Gasteiger partial charge in [-0.3, -0.25) is 4.79 Å². The molecular weight excluding hydrogens is 391 g/mol. The van der Waals surface area contributed by atoms with Crippen molar-refractivity contribution in [3.63, 3.8) is 0 Å². The normalized spacial score (nSPS) is 10.9. The van der Waals surface area contributed by atoms with E-state index in [1.807, 2.05) is 22.1 Å². The number of rotatable bonds is 6. The predicted octanol–water partition coefficient (Wildman–Crippen LogP) is 5.16. The van der Waals surface area contributed by atoms with Crippen LogP contribution in [-0.4, -0.2) is 24.7 Å². The number of carbonyl (C=O) groups is 1. The topological polar surface area (TPSA) is 52.5 Å². The van der Waals surface area contributed by atoms with E-state index >= 15 is 0 Å². The Bertz CT molecular complexity index is 1140. The fourth-order valence-electron chi connectivity index (χ4n) is 3.18. The first-order chi connectivity index (χ1) is 14.1. The number of amides is 1. The zero-order valence-corrected chi connectivity index (χ0v) is 16.8. The van der Waals surface area contributed by atoms with Crippen molar-refractivity contribution in [1.29, 1.82) is 0 Å². The Morgan fingerprint density at radius 1 is 1.03 bits per heavy atom. The fourth-order valence-corrected chi connectivity index (χ4v) is 4.00. The standard InChI is InChI=1S/C22H19FN2O3S/c1-27-17-9-16(10-18(11-17)28-2)24-22(26)20-12-21-19(7-8-29-21)25(20)13-14-3-5-15(23)6-4-14/h3-12H,13H2,1-2H3,(H,24,26). The second-order valence-electron chi connectivity index (χ2n) is 6.47. The SMILES string of the molecule is COc1cc(NC(=O)c2cc3sccc3n2Cc2ccc(F)cc2)cc(OC)c1.